The van der Waals surface area contributed by atoms with E-state index in [1.165, 1.54) is 16.7 Å². The molecule has 18 heavy (non-hydrogen) atoms. The monoisotopic (exact) mass is 303 g/mol. The Bertz CT molecular complexity index is 488. The van der Waals surface area contributed by atoms with Crippen LogP contribution in [0.4, 0.5) is 0 Å². The Kier molecular flexibility index (Phi) is 4.56. The third kappa shape index (κ3) is 3.01. The molecular formula is C16H18BrN. The van der Waals surface area contributed by atoms with Gasteiger partial charge in [-0.05, 0) is 42.3 Å². The highest BCUT2D eigenvalue weighted by Crippen LogP contribution is 2.23. The van der Waals surface area contributed by atoms with Gasteiger partial charge in [0.05, 0.1) is 6.04 Å². The van der Waals surface area contributed by atoms with Gasteiger partial charge in [0.2, 0.25) is 0 Å². The van der Waals surface area contributed by atoms with Gasteiger partial charge in [-0.1, -0.05) is 59.3 Å². The fraction of sp³-hybridized carbons (Fsp3) is 0.250. The van der Waals surface area contributed by atoms with Crippen molar-refractivity contribution >= 4 is 15.9 Å². The van der Waals surface area contributed by atoms with Crippen LogP contribution in [0.15, 0.2) is 53.0 Å². The Morgan fingerprint density at radius 2 is 1.44 bits per heavy atom. The van der Waals surface area contributed by atoms with E-state index in [9.17, 15) is 0 Å². The number of hydrogen-bond acceptors (Lipinski definition) is 1. The van der Waals surface area contributed by atoms with Crippen LogP contribution in [0.5, 0.6) is 0 Å². The van der Waals surface area contributed by atoms with Gasteiger partial charge in [0.15, 0.2) is 0 Å². The summed E-state index contributed by atoms with van der Waals surface area (Å²) in [4.78, 5) is 0. The molecule has 94 valence electrons. The number of benzene rings is 2. The lowest BCUT2D eigenvalue weighted by Gasteiger charge is -2.17. The van der Waals surface area contributed by atoms with Crippen molar-refractivity contribution in [1.82, 2.24) is 5.32 Å². The first kappa shape index (κ1) is 13.3. The van der Waals surface area contributed by atoms with E-state index >= 15 is 0 Å². The fourth-order valence-corrected chi connectivity index (χ4v) is 2.39. The van der Waals surface area contributed by atoms with E-state index in [1.54, 1.807) is 0 Å². The van der Waals surface area contributed by atoms with Gasteiger partial charge < -0.3 is 5.32 Å². The molecule has 2 heteroatoms. The maximum absolute atomic E-state index is 3.47. The second-order valence-electron chi connectivity index (χ2n) is 4.37. The van der Waals surface area contributed by atoms with Crippen molar-refractivity contribution in [2.75, 3.05) is 7.05 Å². The van der Waals surface area contributed by atoms with Crippen LogP contribution in [0.2, 0.25) is 0 Å². The van der Waals surface area contributed by atoms with Crippen molar-refractivity contribution in [1.29, 1.82) is 0 Å². The molecule has 0 saturated carbocycles. The summed E-state index contributed by atoms with van der Waals surface area (Å²) in [5.74, 6) is 0. The standard InChI is InChI=1S/C16H18BrN/c1-3-12-4-6-13(7-5-12)16(18-2)14-8-10-15(17)11-9-14/h4-11,16,18H,3H2,1-2H3. The van der Waals surface area contributed by atoms with Crippen LogP contribution in [0, 0.1) is 0 Å². The van der Waals surface area contributed by atoms with Crippen molar-refractivity contribution < 1.29 is 0 Å². The second kappa shape index (κ2) is 6.17. The smallest absolute Gasteiger partial charge is 0.0574 e. The molecular weight excluding hydrogens is 286 g/mol. The average molecular weight is 304 g/mol. The van der Waals surface area contributed by atoms with Crippen LogP contribution in [0.25, 0.3) is 0 Å². The zero-order valence-electron chi connectivity index (χ0n) is 10.8. The molecule has 0 fully saturated rings. The number of hydrogen-bond donors (Lipinski definition) is 1. The van der Waals surface area contributed by atoms with Crippen LogP contribution >= 0.6 is 15.9 Å². The molecule has 0 saturated heterocycles. The molecule has 0 aromatic heterocycles. The third-order valence-corrected chi connectivity index (χ3v) is 3.74. The lowest BCUT2D eigenvalue weighted by molar-refractivity contribution is 0.691. The summed E-state index contributed by atoms with van der Waals surface area (Å²) in [5.41, 5.74) is 3.96. The summed E-state index contributed by atoms with van der Waals surface area (Å²) in [6.07, 6.45) is 1.09. The summed E-state index contributed by atoms with van der Waals surface area (Å²) < 4.78 is 1.11. The molecule has 2 aromatic rings. The Morgan fingerprint density at radius 1 is 0.944 bits per heavy atom. The van der Waals surface area contributed by atoms with Crippen LogP contribution in [-0.2, 0) is 6.42 Å². The summed E-state index contributed by atoms with van der Waals surface area (Å²) in [6, 6.07) is 17.6. The van der Waals surface area contributed by atoms with E-state index in [0.29, 0.717) is 0 Å². The van der Waals surface area contributed by atoms with Gasteiger partial charge in [0.25, 0.3) is 0 Å². The predicted molar refractivity (Wildman–Crippen MR) is 80.9 cm³/mol. The zero-order valence-corrected chi connectivity index (χ0v) is 12.4. The molecule has 0 amide bonds. The molecule has 1 atom stereocenters. The van der Waals surface area contributed by atoms with Gasteiger partial charge in [0.1, 0.15) is 0 Å². The quantitative estimate of drug-likeness (QED) is 0.887. The van der Waals surface area contributed by atoms with Gasteiger partial charge >= 0.3 is 0 Å². The SMILES string of the molecule is CCc1ccc(C(NC)c2ccc(Br)cc2)cc1. The maximum atomic E-state index is 3.47. The van der Waals surface area contributed by atoms with Gasteiger partial charge in [0, 0.05) is 4.47 Å². The molecule has 0 radical (unpaired) electrons. The number of rotatable bonds is 4. The first-order valence-electron chi connectivity index (χ1n) is 6.26. The highest BCUT2D eigenvalue weighted by Gasteiger charge is 2.11. The molecule has 1 N–H and O–H groups in total. The lowest BCUT2D eigenvalue weighted by Crippen LogP contribution is -2.17. The van der Waals surface area contributed by atoms with E-state index in [2.05, 4.69) is 76.7 Å². The van der Waals surface area contributed by atoms with Gasteiger partial charge in [-0.2, -0.15) is 0 Å². The summed E-state index contributed by atoms with van der Waals surface area (Å²) in [7, 11) is 2.00. The van der Waals surface area contributed by atoms with Crippen molar-refractivity contribution in [3.63, 3.8) is 0 Å². The molecule has 1 unspecified atom stereocenters. The molecule has 2 rings (SSSR count). The third-order valence-electron chi connectivity index (χ3n) is 3.21. The van der Waals surface area contributed by atoms with E-state index in [-0.39, 0.29) is 6.04 Å². The summed E-state index contributed by atoms with van der Waals surface area (Å²) in [5, 5.41) is 3.38. The average Bonchev–Trinajstić information content (AvgIpc) is 2.42. The molecule has 0 aliphatic carbocycles. The number of aryl methyl sites for hydroxylation is 1. The normalized spacial score (nSPS) is 12.4. The van der Waals surface area contributed by atoms with Crippen LogP contribution in [0.1, 0.15) is 29.7 Å². The minimum Gasteiger partial charge on any atom is -0.309 e. The minimum absolute atomic E-state index is 0.254. The first-order valence-corrected chi connectivity index (χ1v) is 7.05. The lowest BCUT2D eigenvalue weighted by atomic mass is 9.97. The molecule has 2 aromatic carbocycles. The van der Waals surface area contributed by atoms with Crippen LogP contribution in [-0.4, -0.2) is 7.05 Å². The van der Waals surface area contributed by atoms with Gasteiger partial charge in [-0.3, -0.25) is 0 Å². The van der Waals surface area contributed by atoms with Crippen LogP contribution < -0.4 is 5.32 Å². The molecule has 0 heterocycles. The summed E-state index contributed by atoms with van der Waals surface area (Å²) in [6.45, 7) is 2.18. The Morgan fingerprint density at radius 3 is 1.89 bits per heavy atom. The molecule has 0 bridgehead atoms. The Labute approximate surface area is 117 Å². The molecule has 0 aliphatic heterocycles. The van der Waals surface area contributed by atoms with E-state index in [1.807, 2.05) is 7.05 Å². The summed E-state index contributed by atoms with van der Waals surface area (Å²) >= 11 is 3.47. The van der Waals surface area contributed by atoms with Gasteiger partial charge in [-0.15, -0.1) is 0 Å². The molecule has 0 aliphatic rings. The van der Waals surface area contributed by atoms with Gasteiger partial charge in [-0.25, -0.2) is 0 Å². The van der Waals surface area contributed by atoms with Crippen molar-refractivity contribution in [2.24, 2.45) is 0 Å². The topological polar surface area (TPSA) is 12.0 Å². The molecule has 0 spiro atoms. The second-order valence-corrected chi connectivity index (χ2v) is 5.28. The van der Waals surface area contributed by atoms with E-state index in [4.69, 9.17) is 0 Å². The zero-order chi connectivity index (χ0) is 13.0. The number of nitrogens with one attached hydrogen (secondary N) is 1. The highest BCUT2D eigenvalue weighted by molar-refractivity contribution is 9.10. The highest BCUT2D eigenvalue weighted by atomic mass is 79.9. The van der Waals surface area contributed by atoms with Crippen LogP contribution in [0.3, 0.4) is 0 Å². The fourth-order valence-electron chi connectivity index (χ4n) is 2.13. The number of halogens is 1. The van der Waals surface area contributed by atoms with Crippen molar-refractivity contribution in [3.8, 4) is 0 Å². The minimum atomic E-state index is 0.254. The van der Waals surface area contributed by atoms with E-state index < -0.39 is 0 Å². The Balaban J connectivity index is 2.29. The largest absolute Gasteiger partial charge is 0.309 e. The predicted octanol–water partition coefficient (Wildman–Crippen LogP) is 4.32. The first-order chi connectivity index (χ1) is 8.74. The maximum Gasteiger partial charge on any atom is 0.0574 e. The van der Waals surface area contributed by atoms with Crippen molar-refractivity contribution in [3.05, 3.63) is 69.7 Å². The van der Waals surface area contributed by atoms with E-state index in [0.717, 1.165) is 10.9 Å². The Hall–Kier alpha value is -1.12. The van der Waals surface area contributed by atoms with Crippen molar-refractivity contribution in [2.45, 2.75) is 19.4 Å². The molecule has 1 nitrogen and oxygen atoms in total.